The number of halogens is 1. The van der Waals surface area contributed by atoms with E-state index in [4.69, 9.17) is 5.73 Å². The second-order valence-corrected chi connectivity index (χ2v) is 5.09. The molecule has 0 aliphatic carbocycles. The van der Waals surface area contributed by atoms with Crippen molar-refractivity contribution in [1.29, 1.82) is 0 Å². The first-order valence-corrected chi connectivity index (χ1v) is 5.79. The van der Waals surface area contributed by atoms with E-state index in [9.17, 15) is 0 Å². The molecule has 82 valence electrons. The van der Waals surface area contributed by atoms with Gasteiger partial charge in [-0.2, -0.15) is 0 Å². The molecule has 1 aromatic rings. The third-order valence-corrected chi connectivity index (χ3v) is 3.48. The van der Waals surface area contributed by atoms with Crippen molar-refractivity contribution in [3.05, 3.63) is 21.9 Å². The minimum absolute atomic E-state index is 0. The molecule has 0 amide bonds. The second kappa shape index (κ2) is 6.44. The lowest BCUT2D eigenvalue weighted by atomic mass is 10.0. The first-order valence-electron chi connectivity index (χ1n) is 4.97. The highest BCUT2D eigenvalue weighted by Gasteiger charge is 2.10. The minimum Gasteiger partial charge on any atom is -0.323 e. The number of nitrogens with two attached hydrogens (primary N) is 1. The fraction of sp³-hybridized carbons (Fsp3) is 0.636. The van der Waals surface area contributed by atoms with Crippen LogP contribution in [-0.2, 0) is 6.42 Å². The highest BCUT2D eigenvalue weighted by atomic mass is 35.5. The van der Waals surface area contributed by atoms with Crippen LogP contribution < -0.4 is 5.73 Å². The van der Waals surface area contributed by atoms with Crippen molar-refractivity contribution in [1.82, 2.24) is 0 Å². The van der Waals surface area contributed by atoms with Crippen LogP contribution in [0.25, 0.3) is 0 Å². The van der Waals surface area contributed by atoms with Crippen LogP contribution in [0.5, 0.6) is 0 Å². The van der Waals surface area contributed by atoms with Gasteiger partial charge >= 0.3 is 0 Å². The summed E-state index contributed by atoms with van der Waals surface area (Å²) >= 11 is 1.86. The highest BCUT2D eigenvalue weighted by molar-refractivity contribution is 7.12. The molecule has 1 nitrogen and oxygen atoms in total. The van der Waals surface area contributed by atoms with Crippen molar-refractivity contribution >= 4 is 23.7 Å². The minimum atomic E-state index is 0. The summed E-state index contributed by atoms with van der Waals surface area (Å²) in [5, 5.41) is 0. The molecule has 1 aromatic heterocycles. The van der Waals surface area contributed by atoms with Crippen molar-refractivity contribution in [3.63, 3.8) is 0 Å². The summed E-state index contributed by atoms with van der Waals surface area (Å²) in [4.78, 5) is 2.78. The Morgan fingerprint density at radius 3 is 2.43 bits per heavy atom. The van der Waals surface area contributed by atoms with Crippen LogP contribution in [0.2, 0.25) is 0 Å². The molecule has 0 spiro atoms. The predicted octanol–water partition coefficient (Wildman–Crippen LogP) is 3.78. The van der Waals surface area contributed by atoms with Gasteiger partial charge in [0.05, 0.1) is 0 Å². The van der Waals surface area contributed by atoms with Gasteiger partial charge in [-0.25, -0.2) is 0 Å². The maximum atomic E-state index is 6.07. The molecule has 0 fully saturated rings. The van der Waals surface area contributed by atoms with E-state index in [0.29, 0.717) is 5.92 Å². The molecule has 0 bridgehead atoms. The molecule has 1 rings (SSSR count). The molecule has 0 radical (unpaired) electrons. The summed E-state index contributed by atoms with van der Waals surface area (Å²) in [6, 6.07) is 4.61. The molecule has 2 N–H and O–H groups in total. The van der Waals surface area contributed by atoms with Crippen molar-refractivity contribution < 1.29 is 0 Å². The fourth-order valence-corrected chi connectivity index (χ4v) is 2.37. The lowest BCUT2D eigenvalue weighted by Gasteiger charge is -2.11. The average Bonchev–Trinajstić information content (AvgIpc) is 2.50. The maximum Gasteiger partial charge on any atom is 0.0392 e. The van der Waals surface area contributed by atoms with Crippen LogP contribution in [0.1, 0.15) is 43.0 Å². The second-order valence-electron chi connectivity index (χ2n) is 3.89. The van der Waals surface area contributed by atoms with Gasteiger partial charge in [0.25, 0.3) is 0 Å². The van der Waals surface area contributed by atoms with E-state index < -0.39 is 0 Å². The zero-order chi connectivity index (χ0) is 9.84. The number of rotatable bonds is 4. The van der Waals surface area contributed by atoms with Crippen LogP contribution >= 0.6 is 23.7 Å². The topological polar surface area (TPSA) is 26.0 Å². The van der Waals surface area contributed by atoms with Gasteiger partial charge in [0.15, 0.2) is 0 Å². The summed E-state index contributed by atoms with van der Waals surface area (Å²) < 4.78 is 0. The van der Waals surface area contributed by atoms with Crippen molar-refractivity contribution in [2.45, 2.75) is 39.7 Å². The zero-order valence-electron chi connectivity index (χ0n) is 9.12. The number of aryl methyl sites for hydroxylation is 1. The lowest BCUT2D eigenvalue weighted by molar-refractivity contribution is 0.515. The van der Waals surface area contributed by atoms with Gasteiger partial charge in [-0.05, 0) is 30.9 Å². The molecule has 0 aliphatic heterocycles. The molecule has 3 heteroatoms. The summed E-state index contributed by atoms with van der Waals surface area (Å²) in [7, 11) is 0. The Bertz CT molecular complexity index is 258. The van der Waals surface area contributed by atoms with E-state index in [0.717, 1.165) is 12.8 Å². The first kappa shape index (κ1) is 13.9. The fourth-order valence-electron chi connectivity index (χ4n) is 1.41. The molecule has 1 atom stereocenters. The third kappa shape index (κ3) is 3.99. The molecule has 14 heavy (non-hydrogen) atoms. The van der Waals surface area contributed by atoms with Crippen LogP contribution in [0, 0.1) is 5.92 Å². The summed E-state index contributed by atoms with van der Waals surface area (Å²) in [6.45, 7) is 6.62. The Labute approximate surface area is 97.1 Å². The molecule has 0 saturated carbocycles. The summed E-state index contributed by atoms with van der Waals surface area (Å²) in [6.07, 6.45) is 2.21. The molecule has 0 aliphatic rings. The van der Waals surface area contributed by atoms with Crippen molar-refractivity contribution in [2.24, 2.45) is 11.7 Å². The van der Waals surface area contributed by atoms with Crippen LogP contribution in [0.3, 0.4) is 0 Å². The Morgan fingerprint density at radius 1 is 1.36 bits per heavy atom. The number of hydrogen-bond acceptors (Lipinski definition) is 2. The first-order chi connectivity index (χ1) is 6.13. The zero-order valence-corrected chi connectivity index (χ0v) is 10.8. The maximum absolute atomic E-state index is 6.07. The summed E-state index contributed by atoms with van der Waals surface area (Å²) in [5.41, 5.74) is 6.07. The van der Waals surface area contributed by atoms with Gasteiger partial charge in [0.1, 0.15) is 0 Å². The van der Waals surface area contributed by atoms with Gasteiger partial charge in [-0.3, -0.25) is 0 Å². The SMILES string of the molecule is CCc1ccc([C@@H](N)CC(C)C)s1.Cl. The Morgan fingerprint density at radius 2 is 2.00 bits per heavy atom. The number of thiophene rings is 1. The van der Waals surface area contributed by atoms with E-state index in [1.165, 1.54) is 9.75 Å². The molecular weight excluding hydrogens is 214 g/mol. The van der Waals surface area contributed by atoms with Gasteiger partial charge in [0, 0.05) is 15.8 Å². The van der Waals surface area contributed by atoms with Crippen LogP contribution in [0.4, 0.5) is 0 Å². The van der Waals surface area contributed by atoms with E-state index >= 15 is 0 Å². The smallest absolute Gasteiger partial charge is 0.0392 e. The van der Waals surface area contributed by atoms with E-state index in [1.807, 2.05) is 11.3 Å². The summed E-state index contributed by atoms with van der Waals surface area (Å²) in [5.74, 6) is 0.683. The molecule has 1 heterocycles. The largest absolute Gasteiger partial charge is 0.323 e. The van der Waals surface area contributed by atoms with E-state index in [-0.39, 0.29) is 18.4 Å². The van der Waals surface area contributed by atoms with Gasteiger partial charge in [-0.15, -0.1) is 23.7 Å². The van der Waals surface area contributed by atoms with Crippen molar-refractivity contribution in [3.8, 4) is 0 Å². The standard InChI is InChI=1S/C11H19NS.ClH/c1-4-9-5-6-11(13-9)10(12)7-8(2)3;/h5-6,8,10H,4,7,12H2,1-3H3;1H/t10-;/m0./s1. The van der Waals surface area contributed by atoms with Gasteiger partial charge in [0.2, 0.25) is 0 Å². The van der Waals surface area contributed by atoms with Gasteiger partial charge < -0.3 is 5.73 Å². The van der Waals surface area contributed by atoms with Gasteiger partial charge in [-0.1, -0.05) is 20.8 Å². The Kier molecular flexibility index (Phi) is 6.41. The molecule has 0 unspecified atom stereocenters. The third-order valence-electron chi connectivity index (χ3n) is 2.12. The molecular formula is C11H20ClNS. The molecule has 0 aromatic carbocycles. The predicted molar refractivity (Wildman–Crippen MR) is 67.3 cm³/mol. The Hall–Kier alpha value is -0.0500. The highest BCUT2D eigenvalue weighted by Crippen LogP contribution is 2.26. The van der Waals surface area contributed by atoms with Crippen molar-refractivity contribution in [2.75, 3.05) is 0 Å². The Balaban J connectivity index is 0.00000169. The average molecular weight is 234 g/mol. The monoisotopic (exact) mass is 233 g/mol. The quantitative estimate of drug-likeness (QED) is 0.842. The normalized spacial score (nSPS) is 12.6. The van der Waals surface area contributed by atoms with E-state index in [1.54, 1.807) is 0 Å². The lowest BCUT2D eigenvalue weighted by Crippen LogP contribution is -2.11. The number of hydrogen-bond donors (Lipinski definition) is 1. The van der Waals surface area contributed by atoms with E-state index in [2.05, 4.69) is 32.9 Å². The molecule has 0 saturated heterocycles. The van der Waals surface area contributed by atoms with Crippen LogP contribution in [0.15, 0.2) is 12.1 Å². The van der Waals surface area contributed by atoms with Crippen LogP contribution in [-0.4, -0.2) is 0 Å².